The van der Waals surface area contributed by atoms with Gasteiger partial charge >= 0.3 is 0 Å². The number of aromatic nitrogens is 3. The Labute approximate surface area is 197 Å². The molecular formula is C28H24N4O2. The van der Waals surface area contributed by atoms with Gasteiger partial charge in [0.2, 0.25) is 5.95 Å². The highest BCUT2D eigenvalue weighted by Gasteiger charge is 2.39. The Morgan fingerprint density at radius 1 is 0.882 bits per heavy atom. The predicted molar refractivity (Wildman–Crippen MR) is 130 cm³/mol. The van der Waals surface area contributed by atoms with Gasteiger partial charge in [-0.15, -0.1) is 0 Å². The third kappa shape index (κ3) is 3.67. The van der Waals surface area contributed by atoms with Crippen LogP contribution in [0.15, 0.2) is 96.2 Å². The summed E-state index contributed by atoms with van der Waals surface area (Å²) in [6.45, 7) is 1.87. The second kappa shape index (κ2) is 8.30. The second-order valence-electron chi connectivity index (χ2n) is 8.77. The Hall–Kier alpha value is -4.19. The Balaban J connectivity index is 1.41. The van der Waals surface area contributed by atoms with Gasteiger partial charge in [-0.3, -0.25) is 4.79 Å². The smallest absolute Gasteiger partial charge is 0.226 e. The molecule has 1 aliphatic carbocycles. The van der Waals surface area contributed by atoms with Crippen molar-refractivity contribution >= 4 is 11.7 Å². The van der Waals surface area contributed by atoms with Gasteiger partial charge in [0.25, 0.3) is 0 Å². The summed E-state index contributed by atoms with van der Waals surface area (Å²) in [4.78, 5) is 18.2. The van der Waals surface area contributed by atoms with Gasteiger partial charge in [0, 0.05) is 17.7 Å². The molecule has 2 heterocycles. The highest BCUT2D eigenvalue weighted by molar-refractivity contribution is 6.00. The van der Waals surface area contributed by atoms with Crippen LogP contribution in [-0.2, 0) is 4.79 Å². The summed E-state index contributed by atoms with van der Waals surface area (Å²) >= 11 is 0. The average Bonchev–Trinajstić information content (AvgIpc) is 3.23. The number of Topliss-reactive ketones (excluding diaryl/α,β-unsaturated/α-hetero) is 1. The summed E-state index contributed by atoms with van der Waals surface area (Å²) in [5, 5.41) is 8.06. The number of nitrogens with one attached hydrogen (secondary N) is 1. The molecule has 0 saturated carbocycles. The fourth-order valence-electron chi connectivity index (χ4n) is 4.96. The van der Waals surface area contributed by atoms with Crippen molar-refractivity contribution in [2.24, 2.45) is 0 Å². The van der Waals surface area contributed by atoms with E-state index in [9.17, 15) is 4.79 Å². The number of carbonyl (C=O) groups is 1. The van der Waals surface area contributed by atoms with Gasteiger partial charge in [0.05, 0.1) is 0 Å². The molecule has 2 atom stereocenters. The van der Waals surface area contributed by atoms with Crippen molar-refractivity contribution in [3.63, 3.8) is 0 Å². The van der Waals surface area contributed by atoms with Gasteiger partial charge in [-0.2, -0.15) is 10.1 Å². The maximum atomic E-state index is 13.6. The molecule has 6 nitrogen and oxygen atoms in total. The SMILES string of the molecule is Cc1nc2n(n1)[C@H](c1cccc(Oc3ccccc3)c1)C1=C(C[C@@H](c3ccccc3)CC1=O)N2. The van der Waals surface area contributed by atoms with E-state index in [-0.39, 0.29) is 17.7 Å². The quantitative estimate of drug-likeness (QED) is 0.428. The van der Waals surface area contributed by atoms with E-state index in [4.69, 9.17) is 4.74 Å². The molecular weight excluding hydrogens is 424 g/mol. The minimum absolute atomic E-state index is 0.140. The maximum Gasteiger partial charge on any atom is 0.226 e. The number of nitrogens with zero attached hydrogens (tertiary/aromatic N) is 3. The molecule has 1 aromatic heterocycles. The van der Waals surface area contributed by atoms with Crippen LogP contribution in [0.1, 0.15) is 41.8 Å². The third-order valence-electron chi connectivity index (χ3n) is 6.45. The van der Waals surface area contributed by atoms with Crippen molar-refractivity contribution in [2.45, 2.75) is 31.7 Å². The molecule has 6 rings (SSSR count). The Kier molecular flexibility index (Phi) is 4.99. The number of hydrogen-bond donors (Lipinski definition) is 1. The van der Waals surface area contributed by atoms with Crippen LogP contribution in [0.2, 0.25) is 0 Å². The lowest BCUT2D eigenvalue weighted by molar-refractivity contribution is -0.116. The van der Waals surface area contributed by atoms with Gasteiger partial charge in [0.1, 0.15) is 23.4 Å². The van der Waals surface area contributed by atoms with Crippen LogP contribution in [-0.4, -0.2) is 20.5 Å². The van der Waals surface area contributed by atoms with E-state index in [1.807, 2.05) is 84.4 Å². The van der Waals surface area contributed by atoms with Gasteiger partial charge in [-0.25, -0.2) is 4.68 Å². The zero-order valence-electron chi connectivity index (χ0n) is 18.8. The van der Waals surface area contributed by atoms with E-state index in [0.29, 0.717) is 23.9 Å². The molecule has 2 aliphatic rings. The largest absolute Gasteiger partial charge is 0.457 e. The van der Waals surface area contributed by atoms with Crippen molar-refractivity contribution in [3.8, 4) is 11.5 Å². The topological polar surface area (TPSA) is 69.0 Å². The molecule has 0 spiro atoms. The lowest BCUT2D eigenvalue weighted by Crippen LogP contribution is -2.33. The average molecular weight is 449 g/mol. The van der Waals surface area contributed by atoms with Gasteiger partial charge in [-0.05, 0) is 54.7 Å². The van der Waals surface area contributed by atoms with Crippen molar-refractivity contribution in [3.05, 3.63) is 113 Å². The van der Waals surface area contributed by atoms with Crippen molar-refractivity contribution in [1.29, 1.82) is 0 Å². The zero-order chi connectivity index (χ0) is 23.1. The van der Waals surface area contributed by atoms with Crippen LogP contribution in [0.3, 0.4) is 0 Å². The first-order chi connectivity index (χ1) is 16.7. The van der Waals surface area contributed by atoms with Crippen LogP contribution < -0.4 is 10.1 Å². The first-order valence-electron chi connectivity index (χ1n) is 11.5. The summed E-state index contributed by atoms with van der Waals surface area (Å²) < 4.78 is 7.91. The summed E-state index contributed by atoms with van der Waals surface area (Å²) in [6, 6.07) is 27.5. The van der Waals surface area contributed by atoms with E-state index in [2.05, 4.69) is 27.5 Å². The standard InChI is InChI=1S/C28H24N4O2/c1-18-29-28-30-24-16-21(19-9-4-2-5-10-19)17-25(33)26(24)27(32(28)31-18)20-11-8-14-23(15-20)34-22-12-6-3-7-13-22/h2-15,21,27H,16-17H2,1H3,(H,29,30,31)/t21-,27-/m1/s1. The third-order valence-corrected chi connectivity index (χ3v) is 6.45. The van der Waals surface area contributed by atoms with E-state index >= 15 is 0 Å². The number of carbonyl (C=O) groups excluding carboxylic acids is 1. The molecule has 6 heteroatoms. The summed E-state index contributed by atoms with van der Waals surface area (Å²) in [5.41, 5.74) is 3.83. The number of fused-ring (bicyclic) bond motifs is 1. The molecule has 3 aromatic carbocycles. The van der Waals surface area contributed by atoms with E-state index in [1.165, 1.54) is 5.56 Å². The first-order valence-corrected chi connectivity index (χ1v) is 11.5. The summed E-state index contributed by atoms with van der Waals surface area (Å²) in [5.74, 6) is 3.09. The van der Waals surface area contributed by atoms with E-state index in [1.54, 1.807) is 0 Å². The highest BCUT2D eigenvalue weighted by Crippen LogP contribution is 2.44. The van der Waals surface area contributed by atoms with Crippen molar-refractivity contribution < 1.29 is 9.53 Å². The predicted octanol–water partition coefficient (Wildman–Crippen LogP) is 5.79. The van der Waals surface area contributed by atoms with Crippen molar-refractivity contribution in [2.75, 3.05) is 5.32 Å². The lowest BCUT2D eigenvalue weighted by atomic mass is 9.78. The molecule has 0 amide bonds. The summed E-state index contributed by atoms with van der Waals surface area (Å²) in [7, 11) is 0. The highest BCUT2D eigenvalue weighted by atomic mass is 16.5. The molecule has 1 aliphatic heterocycles. The number of rotatable bonds is 4. The number of ketones is 1. The number of hydrogen-bond acceptors (Lipinski definition) is 5. The number of aryl methyl sites for hydroxylation is 1. The van der Waals surface area contributed by atoms with Crippen LogP contribution >= 0.6 is 0 Å². The molecule has 0 saturated heterocycles. The fraction of sp³-hybridized carbons (Fsp3) is 0.179. The fourth-order valence-corrected chi connectivity index (χ4v) is 4.96. The van der Waals surface area contributed by atoms with Crippen LogP contribution in [0, 0.1) is 6.92 Å². The van der Waals surface area contributed by atoms with Crippen LogP contribution in [0.5, 0.6) is 11.5 Å². The molecule has 168 valence electrons. The maximum absolute atomic E-state index is 13.6. The van der Waals surface area contributed by atoms with E-state index in [0.717, 1.165) is 29.0 Å². The first kappa shape index (κ1) is 20.4. The minimum atomic E-state index is -0.351. The molecule has 0 fully saturated rings. The Morgan fingerprint density at radius 2 is 1.59 bits per heavy atom. The number of para-hydroxylation sites is 1. The van der Waals surface area contributed by atoms with Gasteiger partial charge in [0.15, 0.2) is 5.78 Å². The molecule has 34 heavy (non-hydrogen) atoms. The Morgan fingerprint density at radius 3 is 2.38 bits per heavy atom. The van der Waals surface area contributed by atoms with Crippen LogP contribution in [0.25, 0.3) is 0 Å². The second-order valence-corrected chi connectivity index (χ2v) is 8.77. The van der Waals surface area contributed by atoms with Crippen molar-refractivity contribution in [1.82, 2.24) is 14.8 Å². The van der Waals surface area contributed by atoms with E-state index < -0.39 is 0 Å². The van der Waals surface area contributed by atoms with Gasteiger partial charge in [-0.1, -0.05) is 60.7 Å². The molecule has 0 radical (unpaired) electrons. The molecule has 4 aromatic rings. The number of allylic oxidation sites excluding steroid dienone is 2. The number of anilines is 1. The monoisotopic (exact) mass is 448 g/mol. The molecule has 1 N–H and O–H groups in total. The van der Waals surface area contributed by atoms with Gasteiger partial charge < -0.3 is 10.1 Å². The lowest BCUT2D eigenvalue weighted by Gasteiger charge is -2.35. The van der Waals surface area contributed by atoms with Crippen LogP contribution in [0.4, 0.5) is 5.95 Å². The molecule has 0 bridgehead atoms. The minimum Gasteiger partial charge on any atom is -0.457 e. The zero-order valence-corrected chi connectivity index (χ0v) is 18.8. The molecule has 0 unspecified atom stereocenters. The Bertz CT molecular complexity index is 1390. The number of ether oxygens (including phenoxy) is 1. The number of benzene rings is 3. The summed E-state index contributed by atoms with van der Waals surface area (Å²) in [6.07, 6.45) is 1.23. The normalized spacial score (nSPS) is 19.3.